The number of hydrogen-bond donors (Lipinski definition) is 0. The first-order chi connectivity index (χ1) is 16.6. The average Bonchev–Trinajstić information content (AvgIpc) is 2.84. The van der Waals surface area contributed by atoms with Gasteiger partial charge in [-0.05, 0) is 49.9 Å². The molecule has 1 aliphatic carbocycles. The Morgan fingerprint density at radius 2 is 1.41 bits per heavy atom. The highest BCUT2D eigenvalue weighted by molar-refractivity contribution is 5.94. The van der Waals surface area contributed by atoms with Crippen molar-refractivity contribution >= 4 is 17.5 Å². The number of benzene rings is 1. The number of piperidine rings is 1. The topological polar surface area (TPSA) is 50.3 Å². The summed E-state index contributed by atoms with van der Waals surface area (Å²) < 4.78 is 13.4. The van der Waals surface area contributed by atoms with Gasteiger partial charge in [-0.2, -0.15) is 0 Å². The SMILES string of the molecule is O=C(CN1CCN(c2ccc(C(=O)N3CCC(F)CC3)cc2)CC1)N1CCN(C2CCC2)CC1. The van der Waals surface area contributed by atoms with E-state index in [1.54, 1.807) is 4.90 Å². The van der Waals surface area contributed by atoms with Crippen molar-refractivity contribution in [1.82, 2.24) is 19.6 Å². The standard InChI is InChI=1S/C26H38FN5O2/c27-22-8-10-32(11-9-22)26(34)21-4-6-24(7-5-21)29-14-12-28(13-15-29)20-25(33)31-18-16-30(17-19-31)23-2-1-3-23/h4-7,22-23H,1-3,8-20H2. The van der Waals surface area contributed by atoms with Crippen LogP contribution in [0.3, 0.4) is 0 Å². The first-order valence-corrected chi connectivity index (χ1v) is 13.1. The van der Waals surface area contributed by atoms with Crippen molar-refractivity contribution < 1.29 is 14.0 Å². The molecule has 4 aliphatic rings. The number of alkyl halides is 1. The molecule has 3 aliphatic heterocycles. The smallest absolute Gasteiger partial charge is 0.253 e. The van der Waals surface area contributed by atoms with Crippen molar-refractivity contribution in [3.63, 3.8) is 0 Å². The number of likely N-dealkylation sites (tertiary alicyclic amines) is 1. The zero-order valence-electron chi connectivity index (χ0n) is 20.2. The second-order valence-corrected chi connectivity index (χ2v) is 10.3. The van der Waals surface area contributed by atoms with Crippen molar-refractivity contribution in [2.45, 2.75) is 44.3 Å². The summed E-state index contributed by atoms with van der Waals surface area (Å²) in [7, 11) is 0. The molecule has 3 saturated heterocycles. The maximum absolute atomic E-state index is 13.4. The van der Waals surface area contributed by atoms with Gasteiger partial charge < -0.3 is 14.7 Å². The number of rotatable bonds is 5. The van der Waals surface area contributed by atoms with Crippen LogP contribution in [0.15, 0.2) is 24.3 Å². The molecule has 0 aromatic heterocycles. The molecule has 7 nitrogen and oxygen atoms in total. The second-order valence-electron chi connectivity index (χ2n) is 10.3. The third-order valence-electron chi connectivity index (χ3n) is 8.18. The average molecular weight is 472 g/mol. The Labute approximate surface area is 202 Å². The van der Waals surface area contributed by atoms with Crippen LogP contribution in [-0.4, -0.2) is 116 Å². The molecule has 4 fully saturated rings. The van der Waals surface area contributed by atoms with E-state index in [-0.39, 0.29) is 11.8 Å². The lowest BCUT2D eigenvalue weighted by atomic mass is 9.91. The van der Waals surface area contributed by atoms with Gasteiger partial charge >= 0.3 is 0 Å². The Morgan fingerprint density at radius 3 is 2.00 bits per heavy atom. The van der Waals surface area contributed by atoms with Gasteiger partial charge in [0.25, 0.3) is 5.91 Å². The molecule has 1 aromatic rings. The van der Waals surface area contributed by atoms with Gasteiger partial charge in [-0.1, -0.05) is 6.42 Å². The molecule has 5 rings (SSSR count). The van der Waals surface area contributed by atoms with E-state index in [0.717, 1.165) is 64.1 Å². The number of amides is 2. The molecule has 3 heterocycles. The van der Waals surface area contributed by atoms with Crippen LogP contribution in [-0.2, 0) is 4.79 Å². The van der Waals surface area contributed by atoms with Gasteiger partial charge in [0, 0.05) is 82.7 Å². The lowest BCUT2D eigenvalue weighted by Gasteiger charge is -2.43. The second kappa shape index (κ2) is 10.6. The lowest BCUT2D eigenvalue weighted by Crippen LogP contribution is -2.56. The number of carbonyl (C=O) groups excluding carboxylic acids is 2. The third kappa shape index (κ3) is 5.38. The third-order valence-corrected chi connectivity index (χ3v) is 8.18. The fraction of sp³-hybridized carbons (Fsp3) is 0.692. The summed E-state index contributed by atoms with van der Waals surface area (Å²) in [6, 6.07) is 8.57. The van der Waals surface area contributed by atoms with Crippen molar-refractivity contribution in [3.8, 4) is 0 Å². The van der Waals surface area contributed by atoms with Crippen LogP contribution >= 0.6 is 0 Å². The van der Waals surface area contributed by atoms with Gasteiger partial charge in [0.05, 0.1) is 6.54 Å². The fourth-order valence-corrected chi connectivity index (χ4v) is 5.59. The summed E-state index contributed by atoms with van der Waals surface area (Å²) in [6.45, 7) is 8.78. The lowest BCUT2D eigenvalue weighted by molar-refractivity contribution is -0.134. The van der Waals surface area contributed by atoms with Crippen LogP contribution in [0.2, 0.25) is 0 Å². The van der Waals surface area contributed by atoms with Crippen molar-refractivity contribution in [1.29, 1.82) is 0 Å². The first kappa shape index (κ1) is 23.5. The Balaban J connectivity index is 1.05. The number of carbonyl (C=O) groups is 2. The number of anilines is 1. The van der Waals surface area contributed by atoms with Gasteiger partial charge in [-0.3, -0.25) is 19.4 Å². The van der Waals surface area contributed by atoms with E-state index in [2.05, 4.69) is 14.7 Å². The molecule has 0 spiro atoms. The maximum atomic E-state index is 13.4. The van der Waals surface area contributed by atoms with Crippen molar-refractivity contribution in [2.24, 2.45) is 0 Å². The van der Waals surface area contributed by atoms with E-state index >= 15 is 0 Å². The zero-order chi connectivity index (χ0) is 23.5. The molecule has 8 heteroatoms. The predicted molar refractivity (Wildman–Crippen MR) is 131 cm³/mol. The molecule has 0 atom stereocenters. The molecule has 0 unspecified atom stereocenters. The van der Waals surface area contributed by atoms with Gasteiger partial charge in [0.2, 0.25) is 5.91 Å². The molecule has 0 bridgehead atoms. The zero-order valence-corrected chi connectivity index (χ0v) is 20.2. The molecule has 2 amide bonds. The maximum Gasteiger partial charge on any atom is 0.253 e. The molecular weight excluding hydrogens is 433 g/mol. The predicted octanol–water partition coefficient (Wildman–Crippen LogP) is 2.08. The Hall–Kier alpha value is -2.19. The Kier molecular flexibility index (Phi) is 7.34. The number of piperazine rings is 2. The summed E-state index contributed by atoms with van der Waals surface area (Å²) in [5.74, 6) is 0.261. The normalized spacial score (nSPS) is 23.7. The minimum Gasteiger partial charge on any atom is -0.369 e. The van der Waals surface area contributed by atoms with E-state index < -0.39 is 6.17 Å². The van der Waals surface area contributed by atoms with E-state index in [1.165, 1.54) is 19.3 Å². The summed E-state index contributed by atoms with van der Waals surface area (Å²) in [4.78, 5) is 36.5. The van der Waals surface area contributed by atoms with Crippen LogP contribution in [0, 0.1) is 0 Å². The van der Waals surface area contributed by atoms with E-state index in [9.17, 15) is 14.0 Å². The van der Waals surface area contributed by atoms with Crippen LogP contribution in [0.4, 0.5) is 10.1 Å². The number of nitrogens with zero attached hydrogens (tertiary/aromatic N) is 5. The monoisotopic (exact) mass is 471 g/mol. The molecule has 1 aromatic carbocycles. The first-order valence-electron chi connectivity index (χ1n) is 13.1. The largest absolute Gasteiger partial charge is 0.369 e. The minimum atomic E-state index is -0.775. The van der Waals surface area contributed by atoms with Gasteiger partial charge in [-0.25, -0.2) is 4.39 Å². The molecular formula is C26H38FN5O2. The summed E-state index contributed by atoms with van der Waals surface area (Å²) in [5, 5.41) is 0. The van der Waals surface area contributed by atoms with Crippen LogP contribution < -0.4 is 4.90 Å². The number of halogens is 1. The molecule has 186 valence electrons. The van der Waals surface area contributed by atoms with E-state index in [1.807, 2.05) is 29.2 Å². The van der Waals surface area contributed by atoms with E-state index in [4.69, 9.17) is 0 Å². The van der Waals surface area contributed by atoms with Crippen LogP contribution in [0.1, 0.15) is 42.5 Å². The highest BCUT2D eigenvalue weighted by atomic mass is 19.1. The van der Waals surface area contributed by atoms with Crippen molar-refractivity contribution in [3.05, 3.63) is 29.8 Å². The van der Waals surface area contributed by atoms with Gasteiger partial charge in [0.1, 0.15) is 6.17 Å². The van der Waals surface area contributed by atoms with Crippen LogP contribution in [0.25, 0.3) is 0 Å². The highest BCUT2D eigenvalue weighted by Gasteiger charge is 2.30. The van der Waals surface area contributed by atoms with Gasteiger partial charge in [-0.15, -0.1) is 0 Å². The van der Waals surface area contributed by atoms with E-state index in [0.29, 0.717) is 38.0 Å². The molecule has 0 radical (unpaired) electrons. The quantitative estimate of drug-likeness (QED) is 0.658. The molecule has 0 N–H and O–H groups in total. The highest BCUT2D eigenvalue weighted by Crippen LogP contribution is 2.25. The minimum absolute atomic E-state index is 0.00435. The summed E-state index contributed by atoms with van der Waals surface area (Å²) in [5.41, 5.74) is 1.78. The summed E-state index contributed by atoms with van der Waals surface area (Å²) in [6.07, 6.45) is 4.12. The van der Waals surface area contributed by atoms with Crippen LogP contribution in [0.5, 0.6) is 0 Å². The van der Waals surface area contributed by atoms with Crippen molar-refractivity contribution in [2.75, 3.05) is 76.9 Å². The summed E-state index contributed by atoms with van der Waals surface area (Å²) >= 11 is 0. The number of hydrogen-bond acceptors (Lipinski definition) is 5. The van der Waals surface area contributed by atoms with Gasteiger partial charge in [0.15, 0.2) is 0 Å². The molecule has 1 saturated carbocycles. The Morgan fingerprint density at radius 1 is 0.765 bits per heavy atom. The Bertz CT molecular complexity index is 837. The molecule has 34 heavy (non-hydrogen) atoms. The fourth-order valence-electron chi connectivity index (χ4n) is 5.59.